The largest absolute Gasteiger partial charge is 0.480 e. The fourth-order valence-electron chi connectivity index (χ4n) is 4.06. The van der Waals surface area contributed by atoms with Crippen molar-refractivity contribution >= 4 is 12.0 Å². The summed E-state index contributed by atoms with van der Waals surface area (Å²) in [7, 11) is 0. The van der Waals surface area contributed by atoms with Crippen molar-refractivity contribution in [3.05, 3.63) is 0 Å². The lowest BCUT2D eigenvalue weighted by atomic mass is 10.0. The average molecular weight is 254 g/mol. The maximum atomic E-state index is 11.6. The summed E-state index contributed by atoms with van der Waals surface area (Å²) in [6, 6.07) is -1.47. The van der Waals surface area contributed by atoms with Crippen LogP contribution in [0.15, 0.2) is 0 Å². The molecule has 18 heavy (non-hydrogen) atoms. The number of aliphatic hydroxyl groups excluding tert-OH is 1. The Balaban J connectivity index is 1.50. The van der Waals surface area contributed by atoms with Crippen LogP contribution in [0.3, 0.4) is 0 Å². The summed E-state index contributed by atoms with van der Waals surface area (Å²) in [6.07, 6.45) is 3.86. The molecule has 0 aromatic heterocycles. The zero-order chi connectivity index (χ0) is 12.9. The zero-order valence-corrected chi connectivity index (χ0v) is 10.0. The molecule has 5 atom stereocenters. The molecule has 3 aliphatic rings. The topological polar surface area (TPSA) is 98.7 Å². The van der Waals surface area contributed by atoms with Gasteiger partial charge in [0.25, 0.3) is 0 Å². The summed E-state index contributed by atoms with van der Waals surface area (Å²) < 4.78 is 0. The molecule has 2 bridgehead atoms. The van der Waals surface area contributed by atoms with Crippen molar-refractivity contribution in [2.24, 2.45) is 23.7 Å². The third kappa shape index (κ3) is 1.75. The SMILES string of the molecule is O=C(NC1C2C3CCC(C3)C12)N[C@H](CO)C(=O)O. The van der Waals surface area contributed by atoms with Gasteiger partial charge >= 0.3 is 12.0 Å². The Morgan fingerprint density at radius 2 is 1.83 bits per heavy atom. The van der Waals surface area contributed by atoms with Crippen LogP contribution >= 0.6 is 0 Å². The lowest BCUT2D eigenvalue weighted by Crippen LogP contribution is -2.49. The van der Waals surface area contributed by atoms with E-state index in [1.807, 2.05) is 0 Å². The number of carboxylic acid groups (broad SMARTS) is 1. The summed E-state index contributed by atoms with van der Waals surface area (Å²) in [5.41, 5.74) is 0. The fraction of sp³-hybridized carbons (Fsp3) is 0.833. The molecule has 0 saturated heterocycles. The van der Waals surface area contributed by atoms with Gasteiger partial charge in [-0.15, -0.1) is 0 Å². The van der Waals surface area contributed by atoms with Gasteiger partial charge in [0.05, 0.1) is 6.61 Å². The summed E-state index contributed by atoms with van der Waals surface area (Å²) in [4.78, 5) is 22.3. The molecule has 3 aliphatic carbocycles. The average Bonchev–Trinajstić information content (AvgIpc) is 2.74. The van der Waals surface area contributed by atoms with Crippen molar-refractivity contribution in [2.45, 2.75) is 31.3 Å². The predicted octanol–water partition coefficient (Wildman–Crippen LogP) is -0.224. The molecule has 100 valence electrons. The maximum absolute atomic E-state index is 11.6. The second kappa shape index (κ2) is 4.12. The number of nitrogens with one attached hydrogen (secondary N) is 2. The number of carboxylic acids is 1. The van der Waals surface area contributed by atoms with E-state index in [0.29, 0.717) is 11.8 Å². The van der Waals surface area contributed by atoms with Crippen LogP contribution in [0.1, 0.15) is 19.3 Å². The first-order chi connectivity index (χ1) is 8.61. The van der Waals surface area contributed by atoms with Gasteiger partial charge in [0, 0.05) is 6.04 Å². The molecule has 3 rings (SSSR count). The minimum atomic E-state index is -1.22. The van der Waals surface area contributed by atoms with E-state index in [4.69, 9.17) is 10.2 Å². The van der Waals surface area contributed by atoms with Crippen molar-refractivity contribution in [1.82, 2.24) is 10.6 Å². The highest BCUT2D eigenvalue weighted by molar-refractivity contribution is 5.83. The van der Waals surface area contributed by atoms with Gasteiger partial charge in [-0.25, -0.2) is 9.59 Å². The number of fused-ring (bicyclic) bond motifs is 5. The first-order valence-corrected chi connectivity index (χ1v) is 6.52. The summed E-state index contributed by atoms with van der Waals surface area (Å²) in [5, 5.41) is 22.7. The Morgan fingerprint density at radius 1 is 1.22 bits per heavy atom. The molecule has 0 spiro atoms. The predicted molar refractivity (Wildman–Crippen MR) is 61.8 cm³/mol. The Morgan fingerprint density at radius 3 is 2.33 bits per heavy atom. The molecular weight excluding hydrogens is 236 g/mol. The maximum Gasteiger partial charge on any atom is 0.328 e. The molecule has 6 heteroatoms. The van der Waals surface area contributed by atoms with Crippen molar-refractivity contribution < 1.29 is 19.8 Å². The van der Waals surface area contributed by atoms with E-state index < -0.39 is 24.6 Å². The fourth-order valence-corrected chi connectivity index (χ4v) is 4.06. The highest BCUT2D eigenvalue weighted by Gasteiger charge is 2.65. The van der Waals surface area contributed by atoms with Crippen molar-refractivity contribution in [2.75, 3.05) is 6.61 Å². The van der Waals surface area contributed by atoms with E-state index in [2.05, 4.69) is 10.6 Å². The van der Waals surface area contributed by atoms with Gasteiger partial charge in [-0.1, -0.05) is 0 Å². The third-order valence-corrected chi connectivity index (χ3v) is 4.82. The number of rotatable bonds is 4. The Kier molecular flexibility index (Phi) is 2.69. The number of hydrogen-bond donors (Lipinski definition) is 4. The van der Waals surface area contributed by atoms with Crippen molar-refractivity contribution in [3.8, 4) is 0 Å². The second-order valence-corrected chi connectivity index (χ2v) is 5.70. The van der Waals surface area contributed by atoms with Gasteiger partial charge in [0.1, 0.15) is 0 Å². The molecule has 0 radical (unpaired) electrons. The van der Waals surface area contributed by atoms with Crippen molar-refractivity contribution in [3.63, 3.8) is 0 Å². The smallest absolute Gasteiger partial charge is 0.328 e. The molecule has 3 saturated carbocycles. The standard InChI is InChI=1S/C12H18N2O4/c15-4-7(11(16)17)13-12(18)14-10-8-5-1-2-6(3-5)9(8)10/h5-10,15H,1-4H2,(H,16,17)(H2,13,14,18)/t5?,6?,7-,8?,9?,10?/m1/s1. The van der Waals surface area contributed by atoms with Crippen LogP contribution in [0.25, 0.3) is 0 Å². The molecule has 0 heterocycles. The highest BCUT2D eigenvalue weighted by Crippen LogP contribution is 2.65. The van der Waals surface area contributed by atoms with Gasteiger partial charge in [0.15, 0.2) is 6.04 Å². The zero-order valence-electron chi connectivity index (χ0n) is 10.0. The Labute approximate surface area is 105 Å². The highest BCUT2D eigenvalue weighted by atomic mass is 16.4. The normalized spacial score (nSPS) is 41.1. The first kappa shape index (κ1) is 11.8. The quantitative estimate of drug-likeness (QED) is 0.557. The Bertz CT molecular complexity index is 370. The molecule has 4 N–H and O–H groups in total. The molecule has 2 amide bonds. The number of hydrogen-bond acceptors (Lipinski definition) is 3. The van der Waals surface area contributed by atoms with Crippen LogP contribution in [0, 0.1) is 23.7 Å². The van der Waals surface area contributed by atoms with Crippen LogP contribution in [0.5, 0.6) is 0 Å². The number of carbonyl (C=O) groups excluding carboxylic acids is 1. The molecular formula is C12H18N2O4. The molecule has 6 nitrogen and oxygen atoms in total. The lowest BCUT2D eigenvalue weighted by molar-refractivity contribution is -0.140. The molecule has 0 aromatic carbocycles. The van der Waals surface area contributed by atoms with Gasteiger partial charge in [-0.2, -0.15) is 0 Å². The molecule has 0 aromatic rings. The second-order valence-electron chi connectivity index (χ2n) is 5.70. The van der Waals surface area contributed by atoms with E-state index in [9.17, 15) is 9.59 Å². The van der Waals surface area contributed by atoms with Crippen molar-refractivity contribution in [1.29, 1.82) is 0 Å². The number of aliphatic hydroxyl groups is 1. The minimum Gasteiger partial charge on any atom is -0.480 e. The van der Waals surface area contributed by atoms with Gasteiger partial charge in [-0.3, -0.25) is 0 Å². The summed E-state index contributed by atoms with van der Waals surface area (Å²) >= 11 is 0. The Hall–Kier alpha value is -1.30. The summed E-state index contributed by atoms with van der Waals surface area (Å²) in [6.45, 7) is -0.592. The number of aliphatic carboxylic acids is 1. The first-order valence-electron chi connectivity index (χ1n) is 6.52. The third-order valence-electron chi connectivity index (χ3n) is 4.82. The van der Waals surface area contributed by atoms with Gasteiger partial charge in [-0.05, 0) is 42.9 Å². The number of urea groups is 1. The van der Waals surface area contributed by atoms with Gasteiger partial charge in [0.2, 0.25) is 0 Å². The van der Waals surface area contributed by atoms with E-state index >= 15 is 0 Å². The summed E-state index contributed by atoms with van der Waals surface area (Å²) in [5.74, 6) is 1.54. The van der Waals surface area contributed by atoms with Crippen LogP contribution in [-0.2, 0) is 4.79 Å². The van der Waals surface area contributed by atoms with Crippen LogP contribution in [0.4, 0.5) is 4.79 Å². The minimum absolute atomic E-state index is 0.226. The number of amides is 2. The van der Waals surface area contributed by atoms with E-state index in [1.165, 1.54) is 19.3 Å². The number of carbonyl (C=O) groups is 2. The van der Waals surface area contributed by atoms with E-state index in [-0.39, 0.29) is 6.04 Å². The molecule has 4 unspecified atom stereocenters. The van der Waals surface area contributed by atoms with Crippen LogP contribution < -0.4 is 10.6 Å². The molecule has 3 fully saturated rings. The van der Waals surface area contributed by atoms with Gasteiger partial charge < -0.3 is 20.8 Å². The monoisotopic (exact) mass is 254 g/mol. The van der Waals surface area contributed by atoms with Crippen LogP contribution in [0.2, 0.25) is 0 Å². The van der Waals surface area contributed by atoms with E-state index in [0.717, 1.165) is 11.8 Å². The molecule has 0 aliphatic heterocycles. The van der Waals surface area contributed by atoms with E-state index in [1.54, 1.807) is 0 Å². The lowest BCUT2D eigenvalue weighted by Gasteiger charge is -2.14. The van der Waals surface area contributed by atoms with Crippen LogP contribution in [-0.4, -0.2) is 40.9 Å².